The lowest BCUT2D eigenvalue weighted by Gasteiger charge is -2.37. The first kappa shape index (κ1) is 23.4. The van der Waals surface area contributed by atoms with Crippen LogP contribution in [0.3, 0.4) is 0 Å². The molecule has 2 saturated heterocycles. The Balaban J connectivity index is 0.00000338. The third kappa shape index (κ3) is 7.56. The minimum atomic E-state index is -0.211. The Morgan fingerprint density at radius 2 is 1.88 bits per heavy atom. The van der Waals surface area contributed by atoms with E-state index in [1.54, 1.807) is 0 Å². The zero-order chi connectivity index (χ0) is 17.9. The number of guanidine groups is 1. The Labute approximate surface area is 174 Å². The Morgan fingerprint density at radius 3 is 2.50 bits per heavy atom. The van der Waals surface area contributed by atoms with Gasteiger partial charge in [0, 0.05) is 59.6 Å². The Morgan fingerprint density at radius 1 is 1.19 bits per heavy atom. The number of nitrogens with zero attached hydrogens (tertiary/aromatic N) is 3. The molecule has 26 heavy (non-hydrogen) atoms. The summed E-state index contributed by atoms with van der Waals surface area (Å²) in [7, 11) is 1.81. The SMILES string of the molecule is CCCCOCCCNC(=NC)N1CCN(C(=O)C2CCCO2)CC1.I. The van der Waals surface area contributed by atoms with Gasteiger partial charge >= 0.3 is 0 Å². The third-order valence-corrected chi connectivity index (χ3v) is 4.70. The summed E-state index contributed by atoms with van der Waals surface area (Å²) in [5.41, 5.74) is 0. The average molecular weight is 482 g/mol. The van der Waals surface area contributed by atoms with Crippen molar-refractivity contribution in [2.24, 2.45) is 4.99 Å². The zero-order valence-electron chi connectivity index (χ0n) is 16.2. The van der Waals surface area contributed by atoms with Gasteiger partial charge in [-0.05, 0) is 25.7 Å². The summed E-state index contributed by atoms with van der Waals surface area (Å²) in [6, 6.07) is 0. The van der Waals surface area contributed by atoms with E-state index in [0.29, 0.717) is 0 Å². The highest BCUT2D eigenvalue weighted by Crippen LogP contribution is 2.16. The molecule has 152 valence electrons. The third-order valence-electron chi connectivity index (χ3n) is 4.70. The van der Waals surface area contributed by atoms with Crippen molar-refractivity contribution in [1.29, 1.82) is 0 Å². The van der Waals surface area contributed by atoms with Crippen molar-refractivity contribution in [2.45, 2.75) is 45.1 Å². The Kier molecular flexibility index (Phi) is 12.2. The second-order valence-corrected chi connectivity index (χ2v) is 6.61. The first-order valence-electron chi connectivity index (χ1n) is 9.70. The number of amides is 1. The second kappa shape index (κ2) is 13.5. The van der Waals surface area contributed by atoms with Crippen LogP contribution in [0.5, 0.6) is 0 Å². The summed E-state index contributed by atoms with van der Waals surface area (Å²) in [5, 5.41) is 3.40. The summed E-state index contributed by atoms with van der Waals surface area (Å²) in [5.74, 6) is 1.07. The quantitative estimate of drug-likeness (QED) is 0.247. The molecule has 0 aromatic heterocycles. The topological polar surface area (TPSA) is 66.4 Å². The minimum Gasteiger partial charge on any atom is -0.381 e. The van der Waals surface area contributed by atoms with Crippen LogP contribution in [-0.2, 0) is 14.3 Å². The number of nitrogens with one attached hydrogen (secondary N) is 1. The predicted octanol–water partition coefficient (Wildman–Crippen LogP) is 1.71. The molecule has 0 saturated carbocycles. The molecule has 0 radical (unpaired) electrons. The predicted molar refractivity (Wildman–Crippen MR) is 114 cm³/mol. The van der Waals surface area contributed by atoms with E-state index in [1.807, 2.05) is 11.9 Å². The smallest absolute Gasteiger partial charge is 0.251 e. The lowest BCUT2D eigenvalue weighted by molar-refractivity contribution is -0.142. The standard InChI is InChI=1S/C18H34N4O3.HI/c1-3-4-13-24-14-6-8-20-18(19-2)22-11-9-21(10-12-22)17(23)16-7-5-15-25-16;/h16H,3-15H2,1-2H3,(H,19,20);1H. The molecule has 2 rings (SSSR count). The number of rotatable bonds is 8. The summed E-state index contributed by atoms with van der Waals surface area (Å²) >= 11 is 0. The molecule has 1 N–H and O–H groups in total. The fourth-order valence-electron chi connectivity index (χ4n) is 3.17. The number of ether oxygens (including phenoxy) is 2. The van der Waals surface area contributed by atoms with Crippen LogP contribution >= 0.6 is 24.0 Å². The van der Waals surface area contributed by atoms with Gasteiger partial charge in [0.05, 0.1) is 0 Å². The average Bonchev–Trinajstić information content (AvgIpc) is 3.18. The maximum absolute atomic E-state index is 12.4. The molecule has 0 aromatic rings. The van der Waals surface area contributed by atoms with Crippen molar-refractivity contribution in [1.82, 2.24) is 15.1 Å². The van der Waals surface area contributed by atoms with Gasteiger partial charge in [0.2, 0.25) is 0 Å². The van der Waals surface area contributed by atoms with E-state index in [-0.39, 0.29) is 36.0 Å². The highest BCUT2D eigenvalue weighted by atomic mass is 127. The summed E-state index contributed by atoms with van der Waals surface area (Å²) in [4.78, 5) is 20.9. The molecule has 2 aliphatic heterocycles. The molecule has 2 aliphatic rings. The molecule has 1 amide bonds. The fraction of sp³-hybridized carbons (Fsp3) is 0.889. The van der Waals surface area contributed by atoms with Crippen LogP contribution < -0.4 is 5.32 Å². The number of halogens is 1. The maximum Gasteiger partial charge on any atom is 0.251 e. The first-order chi connectivity index (χ1) is 12.3. The Hall–Kier alpha value is -0.610. The summed E-state index contributed by atoms with van der Waals surface area (Å²) in [6.07, 6.45) is 4.92. The van der Waals surface area contributed by atoms with E-state index in [4.69, 9.17) is 9.47 Å². The van der Waals surface area contributed by atoms with Gasteiger partial charge in [0.1, 0.15) is 6.10 Å². The fourth-order valence-corrected chi connectivity index (χ4v) is 3.17. The van der Waals surface area contributed by atoms with Crippen molar-refractivity contribution in [3.05, 3.63) is 0 Å². The van der Waals surface area contributed by atoms with Crippen LogP contribution in [-0.4, -0.2) is 87.4 Å². The number of unbranched alkanes of at least 4 members (excludes halogenated alkanes) is 1. The van der Waals surface area contributed by atoms with E-state index < -0.39 is 0 Å². The van der Waals surface area contributed by atoms with Gasteiger partial charge in [-0.3, -0.25) is 9.79 Å². The minimum absolute atomic E-state index is 0. The van der Waals surface area contributed by atoms with Crippen LogP contribution in [0, 0.1) is 0 Å². The molecule has 1 unspecified atom stereocenters. The van der Waals surface area contributed by atoms with E-state index >= 15 is 0 Å². The zero-order valence-corrected chi connectivity index (χ0v) is 18.6. The molecule has 1 atom stereocenters. The molecule has 2 fully saturated rings. The lowest BCUT2D eigenvalue weighted by atomic mass is 10.2. The lowest BCUT2D eigenvalue weighted by Crippen LogP contribution is -2.55. The van der Waals surface area contributed by atoms with Crippen LogP contribution in [0.15, 0.2) is 4.99 Å². The highest BCUT2D eigenvalue weighted by molar-refractivity contribution is 14.0. The van der Waals surface area contributed by atoms with E-state index in [1.165, 1.54) is 6.42 Å². The van der Waals surface area contributed by atoms with Crippen molar-refractivity contribution in [2.75, 3.05) is 59.6 Å². The van der Waals surface area contributed by atoms with Crippen molar-refractivity contribution in [3.63, 3.8) is 0 Å². The molecular weight excluding hydrogens is 447 g/mol. The van der Waals surface area contributed by atoms with Crippen molar-refractivity contribution in [3.8, 4) is 0 Å². The first-order valence-corrected chi connectivity index (χ1v) is 9.70. The Bertz CT molecular complexity index is 423. The van der Waals surface area contributed by atoms with E-state index in [9.17, 15) is 4.79 Å². The summed E-state index contributed by atoms with van der Waals surface area (Å²) < 4.78 is 11.1. The number of carbonyl (C=O) groups excluding carboxylic acids is 1. The van der Waals surface area contributed by atoms with Crippen LogP contribution in [0.25, 0.3) is 0 Å². The molecule has 8 heteroatoms. The van der Waals surface area contributed by atoms with Gasteiger partial charge in [-0.2, -0.15) is 0 Å². The molecule has 7 nitrogen and oxygen atoms in total. The van der Waals surface area contributed by atoms with Gasteiger partial charge in [-0.15, -0.1) is 24.0 Å². The molecular formula is C18H35IN4O3. The van der Waals surface area contributed by atoms with Gasteiger partial charge in [0.25, 0.3) is 5.91 Å². The van der Waals surface area contributed by atoms with E-state index in [0.717, 1.165) is 84.2 Å². The van der Waals surface area contributed by atoms with Gasteiger partial charge in [0.15, 0.2) is 5.96 Å². The maximum atomic E-state index is 12.4. The number of piperazine rings is 1. The second-order valence-electron chi connectivity index (χ2n) is 6.61. The van der Waals surface area contributed by atoms with Crippen molar-refractivity contribution >= 4 is 35.8 Å². The van der Waals surface area contributed by atoms with Gasteiger partial charge in [-0.1, -0.05) is 13.3 Å². The summed E-state index contributed by atoms with van der Waals surface area (Å²) in [6.45, 7) is 8.47. The molecule has 0 aromatic carbocycles. The number of hydrogen-bond donors (Lipinski definition) is 1. The molecule has 0 bridgehead atoms. The molecule has 0 aliphatic carbocycles. The molecule has 2 heterocycles. The molecule has 0 spiro atoms. The van der Waals surface area contributed by atoms with Crippen molar-refractivity contribution < 1.29 is 14.3 Å². The monoisotopic (exact) mass is 482 g/mol. The van der Waals surface area contributed by atoms with Crippen LogP contribution in [0.1, 0.15) is 39.0 Å². The number of carbonyl (C=O) groups is 1. The largest absolute Gasteiger partial charge is 0.381 e. The van der Waals surface area contributed by atoms with Crippen LogP contribution in [0.2, 0.25) is 0 Å². The van der Waals surface area contributed by atoms with Gasteiger partial charge in [-0.25, -0.2) is 0 Å². The number of hydrogen-bond acceptors (Lipinski definition) is 4. The van der Waals surface area contributed by atoms with Crippen LogP contribution in [0.4, 0.5) is 0 Å². The van der Waals surface area contributed by atoms with E-state index in [2.05, 4.69) is 22.1 Å². The number of aliphatic imine (C=N–C) groups is 1. The normalized spacial score (nSPS) is 20.8. The van der Waals surface area contributed by atoms with Gasteiger partial charge < -0.3 is 24.6 Å². The highest BCUT2D eigenvalue weighted by Gasteiger charge is 2.30.